The second-order valence-corrected chi connectivity index (χ2v) is 5.71. The van der Waals surface area contributed by atoms with Crippen molar-refractivity contribution in [1.82, 2.24) is 5.32 Å². The number of hydrogen-bond acceptors (Lipinski definition) is 2. The Morgan fingerprint density at radius 2 is 1.52 bits per heavy atom. The Kier molecular flexibility index (Phi) is 4.69. The number of aryl methyl sites for hydroxylation is 4. The summed E-state index contributed by atoms with van der Waals surface area (Å²) in [6.45, 7) is 8.60. The van der Waals surface area contributed by atoms with E-state index in [9.17, 15) is 0 Å². The highest BCUT2D eigenvalue weighted by Crippen LogP contribution is 2.32. The predicted octanol–water partition coefficient (Wildman–Crippen LogP) is 4.24. The lowest BCUT2D eigenvalue weighted by Crippen LogP contribution is -2.21. The molecule has 0 aliphatic carbocycles. The molecule has 0 saturated carbocycles. The van der Waals surface area contributed by atoms with Crippen molar-refractivity contribution in [2.24, 2.45) is 0 Å². The van der Waals surface area contributed by atoms with Crippen molar-refractivity contribution >= 4 is 0 Å². The van der Waals surface area contributed by atoms with Crippen LogP contribution in [-0.2, 0) is 0 Å². The van der Waals surface area contributed by atoms with Gasteiger partial charge in [0.15, 0.2) is 0 Å². The van der Waals surface area contributed by atoms with Crippen LogP contribution in [0.5, 0.6) is 5.75 Å². The third-order valence-electron chi connectivity index (χ3n) is 4.21. The molecule has 0 bridgehead atoms. The monoisotopic (exact) mass is 283 g/mol. The zero-order valence-electron chi connectivity index (χ0n) is 13.9. The standard InChI is InChI=1S/C19H25NO/c1-12-8-7-9-13(2)18(12)19(20-5)16-10-15(4)17(21-6)11-14(16)3/h7-11,19-20H,1-6H3. The molecular weight excluding hydrogens is 258 g/mol. The summed E-state index contributed by atoms with van der Waals surface area (Å²) >= 11 is 0. The average molecular weight is 283 g/mol. The summed E-state index contributed by atoms with van der Waals surface area (Å²) in [5, 5.41) is 3.48. The number of rotatable bonds is 4. The maximum absolute atomic E-state index is 5.43. The van der Waals surface area contributed by atoms with Crippen LogP contribution in [0.3, 0.4) is 0 Å². The zero-order chi connectivity index (χ0) is 15.6. The molecule has 2 rings (SSSR count). The van der Waals surface area contributed by atoms with Gasteiger partial charge in [-0.1, -0.05) is 24.3 Å². The van der Waals surface area contributed by atoms with Crippen LogP contribution in [0.2, 0.25) is 0 Å². The molecule has 0 aromatic heterocycles. The van der Waals surface area contributed by atoms with E-state index in [1.54, 1.807) is 7.11 Å². The first-order valence-corrected chi connectivity index (χ1v) is 7.38. The summed E-state index contributed by atoms with van der Waals surface area (Å²) in [7, 11) is 3.75. The lowest BCUT2D eigenvalue weighted by atomic mass is 9.88. The van der Waals surface area contributed by atoms with E-state index in [0.717, 1.165) is 5.75 Å². The van der Waals surface area contributed by atoms with Gasteiger partial charge in [-0.2, -0.15) is 0 Å². The summed E-state index contributed by atoms with van der Waals surface area (Å²) in [4.78, 5) is 0. The molecule has 0 saturated heterocycles. The van der Waals surface area contributed by atoms with Gasteiger partial charge >= 0.3 is 0 Å². The minimum atomic E-state index is 0.204. The maximum Gasteiger partial charge on any atom is 0.122 e. The highest BCUT2D eigenvalue weighted by molar-refractivity contribution is 5.48. The van der Waals surface area contributed by atoms with Gasteiger partial charge in [0, 0.05) is 0 Å². The predicted molar refractivity (Wildman–Crippen MR) is 89.3 cm³/mol. The molecule has 2 heteroatoms. The first-order chi connectivity index (χ1) is 9.99. The van der Waals surface area contributed by atoms with Gasteiger partial charge in [0.05, 0.1) is 13.2 Å². The summed E-state index contributed by atoms with van der Waals surface area (Å²) in [6.07, 6.45) is 0. The number of ether oxygens (including phenoxy) is 1. The fraction of sp³-hybridized carbons (Fsp3) is 0.368. The van der Waals surface area contributed by atoms with Crippen molar-refractivity contribution in [3.05, 3.63) is 63.7 Å². The largest absolute Gasteiger partial charge is 0.496 e. The molecule has 0 radical (unpaired) electrons. The highest BCUT2D eigenvalue weighted by atomic mass is 16.5. The highest BCUT2D eigenvalue weighted by Gasteiger charge is 2.19. The molecule has 2 nitrogen and oxygen atoms in total. The van der Waals surface area contributed by atoms with Gasteiger partial charge in [-0.05, 0) is 74.2 Å². The van der Waals surface area contributed by atoms with Crippen molar-refractivity contribution in [2.75, 3.05) is 14.2 Å². The van der Waals surface area contributed by atoms with E-state index in [4.69, 9.17) is 4.74 Å². The third kappa shape index (κ3) is 2.96. The molecule has 0 fully saturated rings. The smallest absolute Gasteiger partial charge is 0.122 e. The summed E-state index contributed by atoms with van der Waals surface area (Å²) < 4.78 is 5.43. The number of hydrogen-bond donors (Lipinski definition) is 1. The van der Waals surface area contributed by atoms with E-state index in [-0.39, 0.29) is 6.04 Å². The van der Waals surface area contributed by atoms with Crippen LogP contribution in [0.15, 0.2) is 30.3 Å². The van der Waals surface area contributed by atoms with Crippen LogP contribution in [0.1, 0.15) is 39.4 Å². The van der Waals surface area contributed by atoms with Gasteiger partial charge < -0.3 is 10.1 Å². The first kappa shape index (κ1) is 15.6. The Morgan fingerprint density at radius 1 is 0.905 bits per heavy atom. The topological polar surface area (TPSA) is 21.3 Å². The lowest BCUT2D eigenvalue weighted by Gasteiger charge is -2.24. The third-order valence-corrected chi connectivity index (χ3v) is 4.21. The minimum absolute atomic E-state index is 0.204. The normalized spacial score (nSPS) is 12.3. The molecule has 21 heavy (non-hydrogen) atoms. The van der Waals surface area contributed by atoms with Gasteiger partial charge in [0.1, 0.15) is 5.75 Å². The fourth-order valence-corrected chi connectivity index (χ4v) is 3.08. The molecule has 112 valence electrons. The zero-order valence-corrected chi connectivity index (χ0v) is 13.9. The van der Waals surface area contributed by atoms with Crippen LogP contribution in [0.4, 0.5) is 0 Å². The lowest BCUT2D eigenvalue weighted by molar-refractivity contribution is 0.411. The average Bonchev–Trinajstić information content (AvgIpc) is 2.45. The van der Waals surface area contributed by atoms with Crippen LogP contribution in [-0.4, -0.2) is 14.2 Å². The molecule has 2 aromatic carbocycles. The Balaban J connectivity index is 2.60. The van der Waals surface area contributed by atoms with Crippen molar-refractivity contribution in [1.29, 1.82) is 0 Å². The number of benzene rings is 2. The molecule has 0 aliphatic rings. The van der Waals surface area contributed by atoms with Crippen molar-refractivity contribution < 1.29 is 4.74 Å². The summed E-state index contributed by atoms with van der Waals surface area (Å²) in [6, 6.07) is 11.0. The van der Waals surface area contributed by atoms with E-state index in [0.29, 0.717) is 0 Å². The van der Waals surface area contributed by atoms with Crippen LogP contribution in [0, 0.1) is 27.7 Å². The van der Waals surface area contributed by atoms with Crippen LogP contribution >= 0.6 is 0 Å². The minimum Gasteiger partial charge on any atom is -0.496 e. The molecule has 1 N–H and O–H groups in total. The summed E-state index contributed by atoms with van der Waals surface area (Å²) in [5.41, 5.74) is 7.74. The second-order valence-electron chi connectivity index (χ2n) is 5.71. The van der Waals surface area contributed by atoms with E-state index in [1.165, 1.54) is 33.4 Å². The van der Waals surface area contributed by atoms with E-state index < -0.39 is 0 Å². The quantitative estimate of drug-likeness (QED) is 0.906. The summed E-state index contributed by atoms with van der Waals surface area (Å²) in [5.74, 6) is 0.951. The van der Waals surface area contributed by atoms with Gasteiger partial charge in [0.2, 0.25) is 0 Å². The van der Waals surface area contributed by atoms with Gasteiger partial charge in [-0.25, -0.2) is 0 Å². The van der Waals surface area contributed by atoms with Crippen molar-refractivity contribution in [3.63, 3.8) is 0 Å². The van der Waals surface area contributed by atoms with E-state index in [1.807, 2.05) is 7.05 Å². The SMILES string of the molecule is CNC(c1cc(C)c(OC)cc1C)c1c(C)cccc1C. The molecule has 0 amide bonds. The first-order valence-electron chi connectivity index (χ1n) is 7.38. The Labute approximate surface area is 128 Å². The number of methoxy groups -OCH3 is 1. The molecular formula is C19H25NO. The van der Waals surface area contributed by atoms with Gasteiger partial charge in [-0.3, -0.25) is 0 Å². The van der Waals surface area contributed by atoms with Crippen molar-refractivity contribution in [2.45, 2.75) is 33.7 Å². The van der Waals surface area contributed by atoms with Gasteiger partial charge in [0.25, 0.3) is 0 Å². The van der Waals surface area contributed by atoms with E-state index >= 15 is 0 Å². The molecule has 2 aromatic rings. The number of nitrogens with one attached hydrogen (secondary N) is 1. The Hall–Kier alpha value is -1.80. The molecule has 0 heterocycles. The molecule has 0 aliphatic heterocycles. The Morgan fingerprint density at radius 3 is 2.05 bits per heavy atom. The van der Waals surface area contributed by atoms with E-state index in [2.05, 4.69) is 63.3 Å². The van der Waals surface area contributed by atoms with Crippen LogP contribution < -0.4 is 10.1 Å². The molecule has 0 spiro atoms. The van der Waals surface area contributed by atoms with Crippen LogP contribution in [0.25, 0.3) is 0 Å². The van der Waals surface area contributed by atoms with Crippen molar-refractivity contribution in [3.8, 4) is 5.75 Å². The second kappa shape index (κ2) is 6.31. The fourth-order valence-electron chi connectivity index (χ4n) is 3.08. The van der Waals surface area contributed by atoms with Gasteiger partial charge in [-0.15, -0.1) is 0 Å². The Bertz CT molecular complexity index is 626. The molecule has 1 atom stereocenters. The maximum atomic E-state index is 5.43. The molecule has 1 unspecified atom stereocenters.